The topological polar surface area (TPSA) is 0 Å². The van der Waals surface area contributed by atoms with Crippen LogP contribution in [0.25, 0.3) is 0 Å². The Bertz CT molecular complexity index is 345. The van der Waals surface area contributed by atoms with Crippen molar-refractivity contribution in [2.45, 2.75) is 19.8 Å². The van der Waals surface area contributed by atoms with Gasteiger partial charge in [0.15, 0.2) is 0 Å². The lowest BCUT2D eigenvalue weighted by molar-refractivity contribution is 1.03. The number of benzene rings is 1. The zero-order chi connectivity index (χ0) is 9.68. The van der Waals surface area contributed by atoms with Crippen molar-refractivity contribution in [3.8, 4) is 11.8 Å². The highest BCUT2D eigenvalue weighted by molar-refractivity contribution is 6.42. The van der Waals surface area contributed by atoms with Gasteiger partial charge in [0.1, 0.15) is 0 Å². The summed E-state index contributed by atoms with van der Waals surface area (Å²) < 4.78 is 0. The summed E-state index contributed by atoms with van der Waals surface area (Å²) in [6.07, 6.45) is 1.80. The predicted molar refractivity (Wildman–Crippen MR) is 58.2 cm³/mol. The van der Waals surface area contributed by atoms with E-state index in [-0.39, 0.29) is 0 Å². The second-order valence-electron chi connectivity index (χ2n) is 2.68. The summed E-state index contributed by atoms with van der Waals surface area (Å²) in [5, 5.41) is 1.22. The van der Waals surface area contributed by atoms with Gasteiger partial charge in [-0.15, -0.1) is 11.8 Å². The van der Waals surface area contributed by atoms with E-state index in [1.807, 2.05) is 25.1 Å². The van der Waals surface area contributed by atoms with Gasteiger partial charge in [-0.1, -0.05) is 29.3 Å². The maximum absolute atomic E-state index is 5.86. The molecule has 0 radical (unpaired) electrons. The summed E-state index contributed by atoms with van der Waals surface area (Å²) in [6.45, 7) is 1.84. The smallest absolute Gasteiger partial charge is 0.0595 e. The summed E-state index contributed by atoms with van der Waals surface area (Å²) in [5.41, 5.74) is 1.18. The quantitative estimate of drug-likeness (QED) is 0.652. The Morgan fingerprint density at radius 3 is 2.62 bits per heavy atom. The summed E-state index contributed by atoms with van der Waals surface area (Å²) in [7, 11) is 0. The summed E-state index contributed by atoms with van der Waals surface area (Å²) in [6, 6.07) is 5.69. The van der Waals surface area contributed by atoms with Crippen LogP contribution < -0.4 is 0 Å². The minimum absolute atomic E-state index is 0.604. The molecule has 0 spiro atoms. The van der Waals surface area contributed by atoms with E-state index < -0.39 is 0 Å². The van der Waals surface area contributed by atoms with Gasteiger partial charge in [-0.05, 0) is 31.0 Å². The van der Waals surface area contributed by atoms with Crippen molar-refractivity contribution in [2.24, 2.45) is 0 Å². The van der Waals surface area contributed by atoms with Crippen molar-refractivity contribution in [2.75, 3.05) is 0 Å². The molecule has 0 atom stereocenters. The van der Waals surface area contributed by atoms with E-state index in [4.69, 9.17) is 23.2 Å². The maximum atomic E-state index is 5.86. The van der Waals surface area contributed by atoms with E-state index >= 15 is 0 Å². The molecule has 0 saturated heterocycles. The molecular formula is C11H10Cl2. The molecule has 0 nitrogen and oxygen atoms in total. The fourth-order valence-corrected chi connectivity index (χ4v) is 1.35. The Kier molecular flexibility index (Phi) is 4.15. The van der Waals surface area contributed by atoms with Crippen LogP contribution in [0.15, 0.2) is 18.2 Å². The van der Waals surface area contributed by atoms with Crippen LogP contribution in [0, 0.1) is 11.8 Å². The molecule has 0 amide bonds. The van der Waals surface area contributed by atoms with Crippen molar-refractivity contribution < 1.29 is 0 Å². The third-order valence-corrected chi connectivity index (χ3v) is 2.44. The number of halogens is 2. The summed E-state index contributed by atoms with van der Waals surface area (Å²) in [4.78, 5) is 0. The number of hydrogen-bond donors (Lipinski definition) is 0. The van der Waals surface area contributed by atoms with E-state index in [0.29, 0.717) is 10.0 Å². The third-order valence-electron chi connectivity index (χ3n) is 1.70. The zero-order valence-electron chi connectivity index (χ0n) is 7.40. The fraction of sp³-hybridized carbons (Fsp3) is 0.273. The van der Waals surface area contributed by atoms with E-state index in [1.165, 1.54) is 5.56 Å². The van der Waals surface area contributed by atoms with Gasteiger partial charge < -0.3 is 0 Å². The lowest BCUT2D eigenvalue weighted by Crippen LogP contribution is -1.83. The molecule has 0 bridgehead atoms. The van der Waals surface area contributed by atoms with Crippen molar-refractivity contribution >= 4 is 23.2 Å². The molecule has 0 aliphatic heterocycles. The molecule has 0 fully saturated rings. The Morgan fingerprint density at radius 2 is 2.00 bits per heavy atom. The van der Waals surface area contributed by atoms with Crippen molar-refractivity contribution in [3.05, 3.63) is 33.8 Å². The van der Waals surface area contributed by atoms with Gasteiger partial charge in [0, 0.05) is 6.42 Å². The molecule has 1 rings (SSSR count). The Morgan fingerprint density at radius 1 is 1.23 bits per heavy atom. The SMILES string of the molecule is CC#CCCc1ccc(Cl)c(Cl)c1. The molecule has 0 aromatic heterocycles. The zero-order valence-corrected chi connectivity index (χ0v) is 8.91. The monoisotopic (exact) mass is 212 g/mol. The summed E-state index contributed by atoms with van der Waals surface area (Å²) in [5.74, 6) is 5.86. The highest BCUT2D eigenvalue weighted by atomic mass is 35.5. The minimum Gasteiger partial charge on any atom is -0.107 e. The molecule has 0 aliphatic rings. The molecule has 0 heterocycles. The van der Waals surface area contributed by atoms with E-state index in [2.05, 4.69) is 11.8 Å². The molecule has 0 saturated carbocycles. The second-order valence-corrected chi connectivity index (χ2v) is 3.49. The van der Waals surface area contributed by atoms with Crippen LogP contribution in [0.4, 0.5) is 0 Å². The molecule has 0 unspecified atom stereocenters. The second kappa shape index (κ2) is 5.17. The highest BCUT2D eigenvalue weighted by Gasteiger charge is 1.98. The van der Waals surface area contributed by atoms with Crippen molar-refractivity contribution in [3.63, 3.8) is 0 Å². The molecule has 68 valence electrons. The minimum atomic E-state index is 0.604. The standard InChI is InChI=1S/C11H10Cl2/c1-2-3-4-5-9-6-7-10(12)11(13)8-9/h6-8H,4-5H2,1H3. The van der Waals surface area contributed by atoms with Crippen LogP contribution in [0.2, 0.25) is 10.0 Å². The van der Waals surface area contributed by atoms with E-state index in [0.717, 1.165) is 12.8 Å². The third kappa shape index (κ3) is 3.30. The van der Waals surface area contributed by atoms with Crippen LogP contribution in [-0.2, 0) is 6.42 Å². The molecule has 1 aromatic carbocycles. The molecule has 0 aliphatic carbocycles. The van der Waals surface area contributed by atoms with Crippen LogP contribution in [0.1, 0.15) is 18.9 Å². The first-order chi connectivity index (χ1) is 6.24. The maximum Gasteiger partial charge on any atom is 0.0595 e. The average Bonchev–Trinajstić information content (AvgIpc) is 2.12. The van der Waals surface area contributed by atoms with Crippen LogP contribution in [0.3, 0.4) is 0 Å². The van der Waals surface area contributed by atoms with Crippen molar-refractivity contribution in [1.82, 2.24) is 0 Å². The number of aryl methyl sites for hydroxylation is 1. The number of rotatable bonds is 2. The van der Waals surface area contributed by atoms with Crippen LogP contribution in [-0.4, -0.2) is 0 Å². The largest absolute Gasteiger partial charge is 0.107 e. The van der Waals surface area contributed by atoms with Gasteiger partial charge in [-0.25, -0.2) is 0 Å². The fourth-order valence-electron chi connectivity index (χ4n) is 1.03. The van der Waals surface area contributed by atoms with Crippen LogP contribution in [0.5, 0.6) is 0 Å². The van der Waals surface area contributed by atoms with Gasteiger partial charge in [-0.2, -0.15) is 0 Å². The molecular weight excluding hydrogens is 203 g/mol. The molecule has 0 N–H and O–H groups in total. The molecule has 13 heavy (non-hydrogen) atoms. The first-order valence-corrected chi connectivity index (χ1v) is 4.83. The van der Waals surface area contributed by atoms with Crippen molar-refractivity contribution in [1.29, 1.82) is 0 Å². The van der Waals surface area contributed by atoms with Gasteiger partial charge >= 0.3 is 0 Å². The Balaban J connectivity index is 2.66. The highest BCUT2D eigenvalue weighted by Crippen LogP contribution is 2.22. The Hall–Kier alpha value is -0.640. The van der Waals surface area contributed by atoms with Gasteiger partial charge in [0.25, 0.3) is 0 Å². The predicted octanol–water partition coefficient (Wildman–Crippen LogP) is 3.95. The lowest BCUT2D eigenvalue weighted by atomic mass is 10.1. The average molecular weight is 213 g/mol. The van der Waals surface area contributed by atoms with E-state index in [9.17, 15) is 0 Å². The van der Waals surface area contributed by atoms with Gasteiger partial charge in [-0.3, -0.25) is 0 Å². The number of hydrogen-bond acceptors (Lipinski definition) is 0. The normalized spacial score (nSPS) is 9.15. The lowest BCUT2D eigenvalue weighted by Gasteiger charge is -1.99. The Labute approximate surface area is 88.9 Å². The summed E-state index contributed by atoms with van der Waals surface area (Å²) >= 11 is 11.6. The van der Waals surface area contributed by atoms with E-state index in [1.54, 1.807) is 0 Å². The van der Waals surface area contributed by atoms with Crippen LogP contribution >= 0.6 is 23.2 Å². The first-order valence-electron chi connectivity index (χ1n) is 4.07. The van der Waals surface area contributed by atoms with Gasteiger partial charge in [0.05, 0.1) is 10.0 Å². The first kappa shape index (κ1) is 10.4. The molecule has 1 aromatic rings. The van der Waals surface area contributed by atoms with Gasteiger partial charge in [0.2, 0.25) is 0 Å². The molecule has 2 heteroatoms.